The first kappa shape index (κ1) is 13.4. The van der Waals surface area contributed by atoms with E-state index in [0.29, 0.717) is 0 Å². The third kappa shape index (κ3) is 3.14. The minimum atomic E-state index is 1.22. The van der Waals surface area contributed by atoms with Crippen molar-refractivity contribution in [1.82, 2.24) is 0 Å². The number of anilines is 1. The predicted molar refractivity (Wildman–Crippen MR) is 93.6 cm³/mol. The Hall–Kier alpha value is -2.54. The summed E-state index contributed by atoms with van der Waals surface area (Å²) in [5.41, 5.74) is 3.66. The first-order chi connectivity index (χ1) is 10.2. The van der Waals surface area contributed by atoms with E-state index in [1.165, 1.54) is 27.6 Å². The molecule has 3 rings (SSSR count). The molecule has 0 saturated carbocycles. The Bertz CT molecular complexity index is 767. The van der Waals surface area contributed by atoms with Crippen LogP contribution in [0.5, 0.6) is 0 Å². The second-order valence-electron chi connectivity index (χ2n) is 5.43. The van der Waals surface area contributed by atoms with Crippen LogP contribution in [0.4, 0.5) is 5.69 Å². The van der Waals surface area contributed by atoms with Gasteiger partial charge in [-0.15, -0.1) is 0 Å². The lowest BCUT2D eigenvalue weighted by molar-refractivity contribution is 1.13. The summed E-state index contributed by atoms with van der Waals surface area (Å²) in [5.74, 6) is 0. The lowest BCUT2D eigenvalue weighted by atomic mass is 10.1. The maximum Gasteiger partial charge on any atom is 0.0361 e. The molecule has 0 fully saturated rings. The van der Waals surface area contributed by atoms with E-state index in [1.54, 1.807) is 0 Å². The Balaban J connectivity index is 1.83. The summed E-state index contributed by atoms with van der Waals surface area (Å²) < 4.78 is 0. The molecule has 3 aromatic carbocycles. The molecule has 0 aromatic heterocycles. The van der Waals surface area contributed by atoms with E-state index in [9.17, 15) is 0 Å². The third-order valence-electron chi connectivity index (χ3n) is 3.65. The maximum absolute atomic E-state index is 2.22. The van der Waals surface area contributed by atoms with E-state index in [4.69, 9.17) is 0 Å². The number of hydrogen-bond acceptors (Lipinski definition) is 1. The van der Waals surface area contributed by atoms with Gasteiger partial charge in [0.05, 0.1) is 0 Å². The van der Waals surface area contributed by atoms with Crippen LogP contribution >= 0.6 is 0 Å². The molecule has 1 nitrogen and oxygen atoms in total. The smallest absolute Gasteiger partial charge is 0.0361 e. The summed E-state index contributed by atoms with van der Waals surface area (Å²) in [6.45, 7) is 0. The minimum absolute atomic E-state index is 1.22. The van der Waals surface area contributed by atoms with Gasteiger partial charge < -0.3 is 4.90 Å². The van der Waals surface area contributed by atoms with Crippen molar-refractivity contribution in [1.29, 1.82) is 0 Å². The standard InChI is InChI=1S/C20H19N/c1-21(2)20-13-10-16(11-14-20)7-8-17-9-12-18-5-3-4-6-19(18)15-17/h3-15H,1-2H3/b8-7+. The Morgan fingerprint density at radius 2 is 1.29 bits per heavy atom. The number of benzene rings is 3. The molecule has 3 aromatic rings. The van der Waals surface area contributed by atoms with E-state index < -0.39 is 0 Å². The van der Waals surface area contributed by atoms with Crippen LogP contribution in [-0.4, -0.2) is 14.1 Å². The zero-order chi connectivity index (χ0) is 14.7. The third-order valence-corrected chi connectivity index (χ3v) is 3.65. The second-order valence-corrected chi connectivity index (χ2v) is 5.43. The number of nitrogens with zero attached hydrogens (tertiary/aromatic N) is 1. The number of rotatable bonds is 3. The van der Waals surface area contributed by atoms with Crippen molar-refractivity contribution >= 4 is 28.6 Å². The normalized spacial score (nSPS) is 11.1. The molecule has 0 spiro atoms. The first-order valence-electron chi connectivity index (χ1n) is 7.17. The molecule has 0 amide bonds. The summed E-state index contributed by atoms with van der Waals surface area (Å²) in [7, 11) is 4.11. The van der Waals surface area contributed by atoms with Gasteiger partial charge in [0.1, 0.15) is 0 Å². The van der Waals surface area contributed by atoms with Crippen LogP contribution in [0.25, 0.3) is 22.9 Å². The molecular formula is C20H19N. The zero-order valence-corrected chi connectivity index (χ0v) is 12.5. The Morgan fingerprint density at radius 1 is 0.667 bits per heavy atom. The van der Waals surface area contributed by atoms with Gasteiger partial charge in [0, 0.05) is 19.8 Å². The Kier molecular flexibility index (Phi) is 3.74. The molecule has 21 heavy (non-hydrogen) atoms. The lowest BCUT2D eigenvalue weighted by Gasteiger charge is -2.11. The van der Waals surface area contributed by atoms with Crippen molar-refractivity contribution in [3.63, 3.8) is 0 Å². The van der Waals surface area contributed by atoms with Crippen molar-refractivity contribution in [3.8, 4) is 0 Å². The minimum Gasteiger partial charge on any atom is -0.378 e. The van der Waals surface area contributed by atoms with Crippen LogP contribution in [0.1, 0.15) is 11.1 Å². The summed E-state index contributed by atoms with van der Waals surface area (Å²) in [4.78, 5) is 2.11. The molecule has 104 valence electrons. The molecule has 0 aliphatic heterocycles. The van der Waals surface area contributed by atoms with E-state index in [2.05, 4.69) is 97.9 Å². The van der Waals surface area contributed by atoms with Gasteiger partial charge in [-0.05, 0) is 40.1 Å². The fourth-order valence-electron chi connectivity index (χ4n) is 2.39. The average molecular weight is 273 g/mol. The SMILES string of the molecule is CN(C)c1ccc(/C=C/c2ccc3ccccc3c2)cc1. The van der Waals surface area contributed by atoms with Crippen LogP contribution in [0, 0.1) is 0 Å². The van der Waals surface area contributed by atoms with Crippen LogP contribution in [-0.2, 0) is 0 Å². The molecular weight excluding hydrogens is 254 g/mol. The summed E-state index contributed by atoms with van der Waals surface area (Å²) in [6, 6.07) is 23.6. The van der Waals surface area contributed by atoms with Crippen molar-refractivity contribution in [2.75, 3.05) is 19.0 Å². The van der Waals surface area contributed by atoms with Gasteiger partial charge in [-0.25, -0.2) is 0 Å². The highest BCUT2D eigenvalue weighted by Gasteiger charge is 1.95. The lowest BCUT2D eigenvalue weighted by Crippen LogP contribution is -2.07. The summed E-state index contributed by atoms with van der Waals surface area (Å²) >= 11 is 0. The van der Waals surface area contributed by atoms with Crippen molar-refractivity contribution < 1.29 is 0 Å². The van der Waals surface area contributed by atoms with E-state index in [1.807, 2.05) is 0 Å². The molecule has 0 unspecified atom stereocenters. The van der Waals surface area contributed by atoms with Gasteiger partial charge in [0.15, 0.2) is 0 Å². The molecule has 0 saturated heterocycles. The van der Waals surface area contributed by atoms with Gasteiger partial charge in [-0.1, -0.05) is 60.7 Å². The van der Waals surface area contributed by atoms with Crippen molar-refractivity contribution in [2.45, 2.75) is 0 Å². The molecule has 0 radical (unpaired) electrons. The molecule has 0 bridgehead atoms. The van der Waals surface area contributed by atoms with Gasteiger partial charge >= 0.3 is 0 Å². The highest BCUT2D eigenvalue weighted by atomic mass is 15.1. The Labute approximate surface area is 126 Å². The van der Waals surface area contributed by atoms with E-state index >= 15 is 0 Å². The number of hydrogen-bond donors (Lipinski definition) is 0. The van der Waals surface area contributed by atoms with Gasteiger partial charge in [-0.2, -0.15) is 0 Å². The van der Waals surface area contributed by atoms with E-state index in [0.717, 1.165) is 0 Å². The van der Waals surface area contributed by atoms with E-state index in [-0.39, 0.29) is 0 Å². The summed E-state index contributed by atoms with van der Waals surface area (Å²) in [5, 5.41) is 2.56. The average Bonchev–Trinajstić information content (AvgIpc) is 2.53. The fraction of sp³-hybridized carbons (Fsp3) is 0.100. The monoisotopic (exact) mass is 273 g/mol. The molecule has 0 aliphatic carbocycles. The van der Waals surface area contributed by atoms with Crippen LogP contribution in [0.2, 0.25) is 0 Å². The number of fused-ring (bicyclic) bond motifs is 1. The Morgan fingerprint density at radius 3 is 2.00 bits per heavy atom. The molecule has 0 atom stereocenters. The highest BCUT2D eigenvalue weighted by Crippen LogP contribution is 2.18. The largest absolute Gasteiger partial charge is 0.378 e. The van der Waals surface area contributed by atoms with Crippen molar-refractivity contribution in [3.05, 3.63) is 77.9 Å². The predicted octanol–water partition coefficient (Wildman–Crippen LogP) is 5.08. The molecule has 0 N–H and O–H groups in total. The second kappa shape index (κ2) is 5.84. The molecule has 1 heteroatoms. The quantitative estimate of drug-likeness (QED) is 0.602. The highest BCUT2D eigenvalue weighted by molar-refractivity contribution is 5.86. The van der Waals surface area contributed by atoms with Crippen LogP contribution < -0.4 is 4.90 Å². The van der Waals surface area contributed by atoms with Crippen LogP contribution in [0.3, 0.4) is 0 Å². The topological polar surface area (TPSA) is 3.24 Å². The van der Waals surface area contributed by atoms with Crippen molar-refractivity contribution in [2.24, 2.45) is 0 Å². The molecule has 0 aliphatic rings. The first-order valence-corrected chi connectivity index (χ1v) is 7.17. The zero-order valence-electron chi connectivity index (χ0n) is 12.5. The van der Waals surface area contributed by atoms with Gasteiger partial charge in [0.2, 0.25) is 0 Å². The molecule has 0 heterocycles. The summed E-state index contributed by atoms with van der Waals surface area (Å²) in [6.07, 6.45) is 4.32. The van der Waals surface area contributed by atoms with Gasteiger partial charge in [-0.3, -0.25) is 0 Å². The fourth-order valence-corrected chi connectivity index (χ4v) is 2.39. The maximum atomic E-state index is 2.22. The van der Waals surface area contributed by atoms with Gasteiger partial charge in [0.25, 0.3) is 0 Å². The van der Waals surface area contributed by atoms with Crippen LogP contribution in [0.15, 0.2) is 66.7 Å².